The fourth-order valence-electron chi connectivity index (χ4n) is 2.54. The summed E-state index contributed by atoms with van der Waals surface area (Å²) in [5.41, 5.74) is 5.81. The van der Waals surface area contributed by atoms with Gasteiger partial charge in [0, 0.05) is 24.4 Å². The Morgan fingerprint density at radius 3 is 2.92 bits per heavy atom. The highest BCUT2D eigenvalue weighted by molar-refractivity contribution is 7.99. The summed E-state index contributed by atoms with van der Waals surface area (Å²) in [4.78, 5) is 2.68. The quantitative estimate of drug-likeness (QED) is 0.728. The number of nitrogens with zero attached hydrogens (tertiary/aromatic N) is 1. The number of thioether (sulfide) groups is 1. The van der Waals surface area contributed by atoms with E-state index < -0.39 is 0 Å². The fourth-order valence-corrected chi connectivity index (χ4v) is 3.78. The molecule has 2 aliphatic heterocycles. The van der Waals surface area contributed by atoms with E-state index >= 15 is 0 Å². The van der Waals surface area contributed by atoms with Gasteiger partial charge in [0.2, 0.25) is 0 Å². The molecule has 2 nitrogen and oxygen atoms in total. The van der Waals surface area contributed by atoms with Crippen LogP contribution in [0.4, 0.5) is 0 Å². The minimum atomic E-state index is 0.692. The van der Waals surface area contributed by atoms with Gasteiger partial charge in [0.1, 0.15) is 0 Å². The van der Waals surface area contributed by atoms with Crippen LogP contribution in [-0.4, -0.2) is 41.6 Å². The average Bonchev–Trinajstić information content (AvgIpc) is 2.70. The van der Waals surface area contributed by atoms with Crippen molar-refractivity contribution in [2.45, 2.75) is 37.8 Å². The number of likely N-dealkylation sites (tertiary alicyclic amines) is 1. The Hall–Kier alpha value is 0.270. The molecule has 2 saturated heterocycles. The van der Waals surface area contributed by atoms with E-state index in [0.29, 0.717) is 6.04 Å². The summed E-state index contributed by atoms with van der Waals surface area (Å²) in [5, 5.41) is 0. The predicted octanol–water partition coefficient (Wildman–Crippen LogP) is 1.31. The van der Waals surface area contributed by atoms with E-state index in [1.807, 2.05) is 0 Å². The summed E-state index contributed by atoms with van der Waals surface area (Å²) >= 11 is 2.11. The molecule has 2 aliphatic rings. The number of hydrogen-bond acceptors (Lipinski definition) is 3. The highest BCUT2D eigenvalue weighted by Gasteiger charge is 2.29. The van der Waals surface area contributed by atoms with Crippen molar-refractivity contribution in [3.63, 3.8) is 0 Å². The normalized spacial score (nSPS) is 36.7. The third-order valence-electron chi connectivity index (χ3n) is 3.32. The summed E-state index contributed by atoms with van der Waals surface area (Å²) in [6.45, 7) is 2.16. The molecule has 0 aromatic rings. The number of rotatable bonds is 2. The first-order valence-electron chi connectivity index (χ1n) is 5.45. The Balaban J connectivity index is 1.93. The molecule has 2 rings (SSSR count). The van der Waals surface area contributed by atoms with E-state index in [1.165, 1.54) is 43.7 Å². The summed E-state index contributed by atoms with van der Waals surface area (Å²) in [6, 6.07) is 1.54. The lowest BCUT2D eigenvalue weighted by Gasteiger charge is -2.39. The second-order valence-corrected chi connectivity index (χ2v) is 5.29. The summed E-state index contributed by atoms with van der Waals surface area (Å²) < 4.78 is 0. The first-order valence-corrected chi connectivity index (χ1v) is 6.61. The zero-order chi connectivity index (χ0) is 9.10. The van der Waals surface area contributed by atoms with Crippen molar-refractivity contribution >= 4 is 11.8 Å². The van der Waals surface area contributed by atoms with Crippen LogP contribution >= 0.6 is 11.8 Å². The molecule has 0 aliphatic carbocycles. The van der Waals surface area contributed by atoms with Crippen LogP contribution in [-0.2, 0) is 0 Å². The Labute approximate surface area is 85.2 Å². The van der Waals surface area contributed by atoms with Gasteiger partial charge in [-0.05, 0) is 31.6 Å². The number of nitrogens with two attached hydrogens (primary N) is 1. The van der Waals surface area contributed by atoms with E-state index in [9.17, 15) is 0 Å². The monoisotopic (exact) mass is 200 g/mol. The van der Waals surface area contributed by atoms with Crippen molar-refractivity contribution in [2.75, 3.05) is 24.6 Å². The molecule has 0 radical (unpaired) electrons. The van der Waals surface area contributed by atoms with Crippen LogP contribution in [0.1, 0.15) is 25.7 Å². The highest BCUT2D eigenvalue weighted by atomic mass is 32.2. The van der Waals surface area contributed by atoms with Crippen molar-refractivity contribution in [3.8, 4) is 0 Å². The molecular weight excluding hydrogens is 180 g/mol. The van der Waals surface area contributed by atoms with Gasteiger partial charge in [-0.1, -0.05) is 6.42 Å². The number of piperidine rings is 1. The van der Waals surface area contributed by atoms with Gasteiger partial charge in [0.05, 0.1) is 0 Å². The molecule has 2 N–H and O–H groups in total. The van der Waals surface area contributed by atoms with E-state index in [0.717, 1.165) is 12.6 Å². The standard InChI is InChI=1S/C10H20N2S/c11-7-9-3-1-2-5-12(9)10-4-6-13-8-10/h9-10H,1-8,11H2. The van der Waals surface area contributed by atoms with Gasteiger partial charge in [0.25, 0.3) is 0 Å². The lowest BCUT2D eigenvalue weighted by molar-refractivity contribution is 0.111. The van der Waals surface area contributed by atoms with E-state index in [1.54, 1.807) is 0 Å². The third-order valence-corrected chi connectivity index (χ3v) is 4.46. The van der Waals surface area contributed by atoms with Crippen LogP contribution in [0, 0.1) is 0 Å². The molecule has 0 spiro atoms. The van der Waals surface area contributed by atoms with E-state index in [-0.39, 0.29) is 0 Å². The van der Waals surface area contributed by atoms with Crippen molar-refractivity contribution in [3.05, 3.63) is 0 Å². The lowest BCUT2D eigenvalue weighted by atomic mass is 9.99. The maximum absolute atomic E-state index is 5.81. The minimum Gasteiger partial charge on any atom is -0.329 e. The molecule has 2 unspecified atom stereocenters. The van der Waals surface area contributed by atoms with Gasteiger partial charge in [-0.25, -0.2) is 0 Å². The van der Waals surface area contributed by atoms with Crippen molar-refractivity contribution in [2.24, 2.45) is 5.73 Å². The molecule has 2 fully saturated rings. The molecule has 0 bridgehead atoms. The SMILES string of the molecule is NCC1CCCCN1C1CCSC1. The van der Waals surface area contributed by atoms with Crippen molar-refractivity contribution in [1.82, 2.24) is 4.90 Å². The second kappa shape index (κ2) is 4.67. The molecule has 0 amide bonds. The van der Waals surface area contributed by atoms with Crippen LogP contribution in [0.2, 0.25) is 0 Å². The zero-order valence-electron chi connectivity index (χ0n) is 8.24. The van der Waals surface area contributed by atoms with Gasteiger partial charge < -0.3 is 5.73 Å². The Morgan fingerprint density at radius 1 is 1.31 bits per heavy atom. The summed E-state index contributed by atoms with van der Waals surface area (Å²) in [6.07, 6.45) is 5.49. The molecule has 3 heteroatoms. The largest absolute Gasteiger partial charge is 0.329 e. The van der Waals surface area contributed by atoms with Crippen molar-refractivity contribution < 1.29 is 0 Å². The fraction of sp³-hybridized carbons (Fsp3) is 1.00. The summed E-state index contributed by atoms with van der Waals surface area (Å²) in [7, 11) is 0. The Bertz CT molecular complexity index is 155. The Kier molecular flexibility index (Phi) is 3.52. The second-order valence-electron chi connectivity index (χ2n) is 4.14. The first kappa shape index (κ1) is 9.81. The lowest BCUT2D eigenvalue weighted by Crippen LogP contribution is -2.49. The van der Waals surface area contributed by atoms with Gasteiger partial charge in [-0.2, -0.15) is 11.8 Å². The molecular formula is C10H20N2S. The topological polar surface area (TPSA) is 29.3 Å². The molecule has 0 aromatic heterocycles. The average molecular weight is 200 g/mol. The van der Waals surface area contributed by atoms with Crippen LogP contribution in [0.3, 0.4) is 0 Å². The van der Waals surface area contributed by atoms with Crippen LogP contribution in [0.15, 0.2) is 0 Å². The van der Waals surface area contributed by atoms with Crippen LogP contribution in [0.25, 0.3) is 0 Å². The minimum absolute atomic E-state index is 0.692. The summed E-state index contributed by atoms with van der Waals surface area (Å²) in [5.74, 6) is 2.70. The molecule has 0 saturated carbocycles. The van der Waals surface area contributed by atoms with Crippen molar-refractivity contribution in [1.29, 1.82) is 0 Å². The Morgan fingerprint density at radius 2 is 2.23 bits per heavy atom. The van der Waals surface area contributed by atoms with E-state index in [4.69, 9.17) is 5.73 Å². The smallest absolute Gasteiger partial charge is 0.0221 e. The highest BCUT2D eigenvalue weighted by Crippen LogP contribution is 2.27. The van der Waals surface area contributed by atoms with Gasteiger partial charge >= 0.3 is 0 Å². The third kappa shape index (κ3) is 2.20. The maximum atomic E-state index is 5.81. The molecule has 0 aromatic carbocycles. The first-order chi connectivity index (χ1) is 6.42. The van der Waals surface area contributed by atoms with Gasteiger partial charge in [-0.15, -0.1) is 0 Å². The van der Waals surface area contributed by atoms with Crippen LogP contribution in [0.5, 0.6) is 0 Å². The predicted molar refractivity (Wildman–Crippen MR) is 59.1 cm³/mol. The maximum Gasteiger partial charge on any atom is 0.0221 e. The van der Waals surface area contributed by atoms with Gasteiger partial charge in [-0.3, -0.25) is 4.90 Å². The van der Waals surface area contributed by atoms with Gasteiger partial charge in [0.15, 0.2) is 0 Å². The van der Waals surface area contributed by atoms with E-state index in [2.05, 4.69) is 16.7 Å². The zero-order valence-corrected chi connectivity index (χ0v) is 9.06. The molecule has 2 atom stereocenters. The number of hydrogen-bond donors (Lipinski definition) is 1. The van der Waals surface area contributed by atoms with Crippen LogP contribution < -0.4 is 5.73 Å². The molecule has 13 heavy (non-hydrogen) atoms. The molecule has 2 heterocycles. The molecule has 76 valence electrons.